The number of ether oxygens (including phenoxy) is 2. The smallest absolute Gasteiger partial charge is 0.416 e. The molecule has 4 aromatic rings. The van der Waals surface area contributed by atoms with Gasteiger partial charge in [0, 0.05) is 30.2 Å². The van der Waals surface area contributed by atoms with E-state index in [0.29, 0.717) is 11.1 Å². The fraction of sp³-hybridized carbons (Fsp3) is 0.156. The number of carbonyl (C=O) groups is 4. The van der Waals surface area contributed by atoms with Gasteiger partial charge in [-0.05, 0) is 71.8 Å². The molecule has 0 aliphatic heterocycles. The molecular formula is C32H26F3N3O7. The predicted octanol–water partition coefficient (Wildman–Crippen LogP) is 5.24. The molecule has 0 saturated carbocycles. The largest absolute Gasteiger partial charge is 0.497 e. The van der Waals surface area contributed by atoms with E-state index in [4.69, 9.17) is 9.47 Å². The lowest BCUT2D eigenvalue weighted by atomic mass is 10.0. The Kier molecular flexibility index (Phi) is 10.1. The number of amides is 2. The summed E-state index contributed by atoms with van der Waals surface area (Å²) in [6, 6.07) is 18.0. The van der Waals surface area contributed by atoms with Crippen molar-refractivity contribution in [3.63, 3.8) is 0 Å². The number of hydrogen-bond donors (Lipinski definition) is 2. The summed E-state index contributed by atoms with van der Waals surface area (Å²) >= 11 is 0. The van der Waals surface area contributed by atoms with Crippen LogP contribution in [0.15, 0.2) is 91.3 Å². The normalized spacial score (nSPS) is 10.9. The number of nitrogens with one attached hydrogen (secondary N) is 1. The number of carbonyl (C=O) groups excluding carboxylic acids is 3. The van der Waals surface area contributed by atoms with Crippen molar-refractivity contribution < 1.29 is 46.9 Å². The number of carboxylic acid groups (broad SMARTS) is 1. The van der Waals surface area contributed by atoms with Crippen molar-refractivity contribution in [3.8, 4) is 11.5 Å². The average Bonchev–Trinajstić information content (AvgIpc) is 3.01. The molecule has 0 bridgehead atoms. The van der Waals surface area contributed by atoms with E-state index in [1.807, 2.05) is 0 Å². The molecule has 45 heavy (non-hydrogen) atoms. The minimum atomic E-state index is -4.69. The van der Waals surface area contributed by atoms with Gasteiger partial charge in [-0.3, -0.25) is 19.4 Å². The maximum Gasteiger partial charge on any atom is 0.416 e. The van der Waals surface area contributed by atoms with E-state index in [2.05, 4.69) is 10.3 Å². The molecule has 0 fully saturated rings. The Labute approximate surface area is 255 Å². The Hall–Kier alpha value is -5.72. The third-order valence-corrected chi connectivity index (χ3v) is 6.43. The van der Waals surface area contributed by atoms with E-state index in [0.717, 1.165) is 11.0 Å². The van der Waals surface area contributed by atoms with E-state index in [9.17, 15) is 37.5 Å². The molecule has 0 saturated heterocycles. The molecule has 0 radical (unpaired) electrons. The zero-order valence-corrected chi connectivity index (χ0v) is 23.7. The third kappa shape index (κ3) is 8.89. The van der Waals surface area contributed by atoms with E-state index < -0.39 is 48.5 Å². The van der Waals surface area contributed by atoms with Crippen LogP contribution in [0.1, 0.15) is 37.4 Å². The summed E-state index contributed by atoms with van der Waals surface area (Å²) in [5.74, 6) is -2.91. The molecule has 0 atom stereocenters. The van der Waals surface area contributed by atoms with Gasteiger partial charge in [0.2, 0.25) is 5.91 Å². The van der Waals surface area contributed by atoms with Gasteiger partial charge in [-0.25, -0.2) is 4.79 Å². The SMILES string of the molecule is COc1ccc(CC(=O)Nc2ccc(C(=O)N(CC(=O)O)Cc3ccc(OC(=O)c4ccncc4)cc3)cc2)c(C(F)(F)F)c1. The summed E-state index contributed by atoms with van der Waals surface area (Å²) in [6.45, 7) is -0.689. The van der Waals surface area contributed by atoms with Crippen molar-refractivity contribution in [2.75, 3.05) is 19.0 Å². The van der Waals surface area contributed by atoms with Crippen LogP contribution in [0.25, 0.3) is 0 Å². The van der Waals surface area contributed by atoms with Crippen LogP contribution < -0.4 is 14.8 Å². The lowest BCUT2D eigenvalue weighted by Crippen LogP contribution is -2.35. The maximum atomic E-state index is 13.5. The highest BCUT2D eigenvalue weighted by Gasteiger charge is 2.34. The summed E-state index contributed by atoms with van der Waals surface area (Å²) in [5, 5.41) is 11.9. The Morgan fingerprint density at radius 1 is 0.867 bits per heavy atom. The van der Waals surface area contributed by atoms with Crippen LogP contribution in [-0.4, -0.2) is 52.4 Å². The van der Waals surface area contributed by atoms with E-state index in [-0.39, 0.29) is 34.9 Å². The van der Waals surface area contributed by atoms with Crippen LogP contribution in [0.3, 0.4) is 0 Å². The average molecular weight is 622 g/mol. The summed E-state index contributed by atoms with van der Waals surface area (Å²) in [4.78, 5) is 54.4. The molecule has 4 rings (SSSR count). The molecular weight excluding hydrogens is 595 g/mol. The maximum absolute atomic E-state index is 13.5. The number of esters is 1. The zero-order chi connectivity index (χ0) is 32.6. The number of pyridine rings is 1. The molecule has 3 aromatic carbocycles. The number of carboxylic acids is 1. The lowest BCUT2D eigenvalue weighted by Gasteiger charge is -2.21. The number of aromatic nitrogens is 1. The second kappa shape index (κ2) is 14.2. The Balaban J connectivity index is 1.40. The molecule has 0 aliphatic rings. The van der Waals surface area contributed by atoms with Gasteiger partial charge < -0.3 is 24.8 Å². The number of anilines is 1. The Bertz CT molecular complexity index is 1680. The Morgan fingerprint density at radius 3 is 2.11 bits per heavy atom. The van der Waals surface area contributed by atoms with E-state index in [1.165, 1.54) is 80.2 Å². The minimum Gasteiger partial charge on any atom is -0.497 e. The van der Waals surface area contributed by atoms with E-state index in [1.54, 1.807) is 12.1 Å². The van der Waals surface area contributed by atoms with E-state index >= 15 is 0 Å². The summed E-state index contributed by atoms with van der Waals surface area (Å²) < 4.78 is 50.6. The second-order valence-corrected chi connectivity index (χ2v) is 9.65. The van der Waals surface area contributed by atoms with Gasteiger partial charge in [-0.1, -0.05) is 18.2 Å². The molecule has 1 heterocycles. The molecule has 0 unspecified atom stereocenters. The highest BCUT2D eigenvalue weighted by atomic mass is 19.4. The number of aliphatic carboxylic acids is 1. The highest BCUT2D eigenvalue weighted by molar-refractivity contribution is 5.97. The summed E-state index contributed by atoms with van der Waals surface area (Å²) in [7, 11) is 1.24. The van der Waals surface area contributed by atoms with Gasteiger partial charge >= 0.3 is 18.1 Å². The number of methoxy groups -OCH3 is 1. The van der Waals surface area contributed by atoms with Crippen LogP contribution >= 0.6 is 0 Å². The van der Waals surface area contributed by atoms with Crippen molar-refractivity contribution in [1.29, 1.82) is 0 Å². The number of benzene rings is 3. The number of alkyl halides is 3. The fourth-order valence-corrected chi connectivity index (χ4v) is 4.26. The quantitative estimate of drug-likeness (QED) is 0.172. The first-order valence-electron chi connectivity index (χ1n) is 13.3. The third-order valence-electron chi connectivity index (χ3n) is 6.43. The van der Waals surface area contributed by atoms with Crippen molar-refractivity contribution in [1.82, 2.24) is 9.88 Å². The molecule has 10 nitrogen and oxygen atoms in total. The van der Waals surface area contributed by atoms with Crippen LogP contribution in [0, 0.1) is 0 Å². The zero-order valence-electron chi connectivity index (χ0n) is 23.7. The summed E-state index contributed by atoms with van der Waals surface area (Å²) in [5.41, 5.74) is -0.0134. The number of hydrogen-bond acceptors (Lipinski definition) is 7. The number of rotatable bonds is 11. The van der Waals surface area contributed by atoms with Crippen molar-refractivity contribution >= 4 is 29.4 Å². The summed E-state index contributed by atoms with van der Waals surface area (Å²) in [6.07, 6.45) is -2.34. The highest BCUT2D eigenvalue weighted by Crippen LogP contribution is 2.34. The van der Waals surface area contributed by atoms with Gasteiger partial charge in [0.05, 0.1) is 24.7 Å². The predicted molar refractivity (Wildman–Crippen MR) is 155 cm³/mol. The van der Waals surface area contributed by atoms with Crippen molar-refractivity contribution in [2.24, 2.45) is 0 Å². The first-order chi connectivity index (χ1) is 21.4. The van der Waals surface area contributed by atoms with Gasteiger partial charge in [0.1, 0.15) is 18.0 Å². The molecule has 1 aromatic heterocycles. The van der Waals surface area contributed by atoms with Crippen LogP contribution in [-0.2, 0) is 28.7 Å². The van der Waals surface area contributed by atoms with Gasteiger partial charge in [0.25, 0.3) is 5.91 Å². The van der Waals surface area contributed by atoms with Gasteiger partial charge in [0.15, 0.2) is 0 Å². The topological polar surface area (TPSA) is 135 Å². The number of nitrogens with zero attached hydrogens (tertiary/aromatic N) is 2. The standard InChI is InChI=1S/C32H26F3N3O7/c1-44-26-11-6-23(27(17-26)32(33,34)35)16-28(39)37-24-7-4-21(5-8-24)30(42)38(19-29(40)41)18-20-2-9-25(10-3-20)45-31(43)22-12-14-36-15-13-22/h2-15,17H,16,18-19H2,1H3,(H,37,39)(H,40,41). The minimum absolute atomic E-state index is 0.00293. The first kappa shape index (κ1) is 32.2. The van der Waals surface area contributed by atoms with Crippen molar-refractivity contribution in [3.05, 3.63) is 119 Å². The molecule has 2 N–H and O–H groups in total. The fourth-order valence-electron chi connectivity index (χ4n) is 4.26. The van der Waals surface area contributed by atoms with Crippen LogP contribution in [0.5, 0.6) is 11.5 Å². The second-order valence-electron chi connectivity index (χ2n) is 9.65. The number of halogens is 3. The molecule has 13 heteroatoms. The molecule has 232 valence electrons. The monoisotopic (exact) mass is 621 g/mol. The first-order valence-corrected chi connectivity index (χ1v) is 13.3. The molecule has 2 amide bonds. The Morgan fingerprint density at radius 2 is 1.51 bits per heavy atom. The molecule has 0 spiro atoms. The molecule has 0 aliphatic carbocycles. The lowest BCUT2D eigenvalue weighted by molar-refractivity contribution is -0.139. The van der Waals surface area contributed by atoms with Crippen molar-refractivity contribution in [2.45, 2.75) is 19.1 Å². The van der Waals surface area contributed by atoms with Gasteiger partial charge in [-0.15, -0.1) is 0 Å². The van der Waals surface area contributed by atoms with Crippen LogP contribution in [0.4, 0.5) is 18.9 Å². The van der Waals surface area contributed by atoms with Crippen LogP contribution in [0.2, 0.25) is 0 Å². The van der Waals surface area contributed by atoms with Gasteiger partial charge in [-0.2, -0.15) is 13.2 Å².